The lowest BCUT2D eigenvalue weighted by Gasteiger charge is -2.09. The number of hydrogen-bond donors (Lipinski definition) is 3. The van der Waals surface area contributed by atoms with Crippen molar-refractivity contribution in [2.24, 2.45) is 5.73 Å². The second-order valence-electron chi connectivity index (χ2n) is 4.42. The smallest absolute Gasteiger partial charge is 0.335 e. The molecule has 1 amide bonds. The summed E-state index contributed by atoms with van der Waals surface area (Å²) in [6.07, 6.45) is 0. The standard InChI is InChI=1S/C15H13BrN2O3/c16-13-7-11(4-5-12(13)14(17)19)18-8-9-2-1-3-10(6-9)15(20)21/h1-7,18H,8H2,(H2,17,19)(H,20,21). The lowest BCUT2D eigenvalue weighted by molar-refractivity contribution is 0.0696. The summed E-state index contributed by atoms with van der Waals surface area (Å²) in [6.45, 7) is 0.476. The van der Waals surface area contributed by atoms with Gasteiger partial charge in [-0.1, -0.05) is 12.1 Å². The van der Waals surface area contributed by atoms with Gasteiger partial charge in [-0.15, -0.1) is 0 Å². The second-order valence-corrected chi connectivity index (χ2v) is 5.27. The SMILES string of the molecule is NC(=O)c1ccc(NCc2cccc(C(=O)O)c2)cc1Br. The van der Waals surface area contributed by atoms with Crippen LogP contribution in [0.4, 0.5) is 5.69 Å². The maximum atomic E-state index is 11.1. The van der Waals surface area contributed by atoms with Gasteiger partial charge in [0.15, 0.2) is 0 Å². The lowest BCUT2D eigenvalue weighted by atomic mass is 10.1. The fourth-order valence-corrected chi connectivity index (χ4v) is 2.42. The third-order valence-corrected chi connectivity index (χ3v) is 3.56. The van der Waals surface area contributed by atoms with Crippen LogP contribution in [0.1, 0.15) is 26.3 Å². The van der Waals surface area contributed by atoms with Crippen molar-refractivity contribution < 1.29 is 14.7 Å². The molecule has 108 valence electrons. The van der Waals surface area contributed by atoms with Gasteiger partial charge in [0.05, 0.1) is 11.1 Å². The molecule has 6 heteroatoms. The van der Waals surface area contributed by atoms with Gasteiger partial charge in [-0.25, -0.2) is 4.79 Å². The van der Waals surface area contributed by atoms with Gasteiger partial charge in [0, 0.05) is 16.7 Å². The Bertz CT molecular complexity index is 701. The van der Waals surface area contributed by atoms with Gasteiger partial charge >= 0.3 is 5.97 Å². The molecule has 0 aromatic heterocycles. The number of nitrogens with two attached hydrogens (primary N) is 1. The number of carbonyl (C=O) groups excluding carboxylic acids is 1. The van der Waals surface area contributed by atoms with Crippen molar-refractivity contribution in [1.29, 1.82) is 0 Å². The first-order chi connectivity index (χ1) is 9.97. The topological polar surface area (TPSA) is 92.4 Å². The van der Waals surface area contributed by atoms with E-state index in [0.717, 1.165) is 11.3 Å². The number of amides is 1. The number of carboxylic acids is 1. The number of hydrogen-bond acceptors (Lipinski definition) is 3. The maximum absolute atomic E-state index is 11.1. The molecule has 4 N–H and O–H groups in total. The summed E-state index contributed by atoms with van der Waals surface area (Å²) < 4.78 is 0.610. The molecule has 0 saturated heterocycles. The molecule has 5 nitrogen and oxygen atoms in total. The zero-order chi connectivity index (χ0) is 15.4. The number of benzene rings is 2. The van der Waals surface area contributed by atoms with Crippen LogP contribution in [-0.2, 0) is 6.54 Å². The fraction of sp³-hybridized carbons (Fsp3) is 0.0667. The average molecular weight is 349 g/mol. The molecule has 0 fully saturated rings. The summed E-state index contributed by atoms with van der Waals surface area (Å²) in [6, 6.07) is 11.8. The van der Waals surface area contributed by atoms with Crippen LogP contribution in [0.5, 0.6) is 0 Å². The maximum Gasteiger partial charge on any atom is 0.335 e. The van der Waals surface area contributed by atoms with E-state index in [1.165, 1.54) is 0 Å². The Kier molecular flexibility index (Phi) is 4.59. The van der Waals surface area contributed by atoms with Gasteiger partial charge in [0.25, 0.3) is 0 Å². The van der Waals surface area contributed by atoms with E-state index in [4.69, 9.17) is 10.8 Å². The van der Waals surface area contributed by atoms with E-state index in [2.05, 4.69) is 21.2 Å². The van der Waals surface area contributed by atoms with Crippen LogP contribution in [0.3, 0.4) is 0 Å². The first kappa shape index (κ1) is 15.1. The molecule has 0 heterocycles. The molecule has 0 aliphatic carbocycles. The lowest BCUT2D eigenvalue weighted by Crippen LogP contribution is -2.11. The number of primary amides is 1. The summed E-state index contributed by atoms with van der Waals surface area (Å²) >= 11 is 3.29. The Balaban J connectivity index is 2.10. The minimum absolute atomic E-state index is 0.250. The Hall–Kier alpha value is -2.34. The number of carbonyl (C=O) groups is 2. The van der Waals surface area contributed by atoms with Crippen LogP contribution in [0.25, 0.3) is 0 Å². The molecule has 0 saturated carbocycles. The van der Waals surface area contributed by atoms with E-state index in [9.17, 15) is 9.59 Å². The summed E-state index contributed by atoms with van der Waals surface area (Å²) in [7, 11) is 0. The van der Waals surface area contributed by atoms with Crippen molar-refractivity contribution in [2.75, 3.05) is 5.32 Å². The second kappa shape index (κ2) is 6.41. The summed E-state index contributed by atoms with van der Waals surface area (Å²) in [5.74, 6) is -1.45. The number of aromatic carboxylic acids is 1. The first-order valence-corrected chi connectivity index (χ1v) is 6.92. The van der Waals surface area contributed by atoms with Crippen molar-refractivity contribution in [3.63, 3.8) is 0 Å². The Morgan fingerprint density at radius 2 is 1.95 bits per heavy atom. The van der Waals surface area contributed by atoms with Crippen LogP contribution in [0, 0.1) is 0 Å². The van der Waals surface area contributed by atoms with Crippen molar-refractivity contribution in [3.05, 3.63) is 63.6 Å². The van der Waals surface area contributed by atoms with Crippen molar-refractivity contribution in [1.82, 2.24) is 0 Å². The van der Waals surface area contributed by atoms with E-state index >= 15 is 0 Å². The summed E-state index contributed by atoms with van der Waals surface area (Å²) in [5.41, 5.74) is 7.54. The molecular formula is C15H13BrN2O3. The Labute approximate surface area is 129 Å². The molecule has 0 aliphatic rings. The minimum atomic E-state index is -0.953. The Morgan fingerprint density at radius 1 is 1.19 bits per heavy atom. The molecule has 21 heavy (non-hydrogen) atoms. The van der Waals surface area contributed by atoms with Crippen LogP contribution in [-0.4, -0.2) is 17.0 Å². The van der Waals surface area contributed by atoms with Gasteiger partial charge in [-0.2, -0.15) is 0 Å². The van der Waals surface area contributed by atoms with Crippen molar-refractivity contribution in [3.8, 4) is 0 Å². The van der Waals surface area contributed by atoms with Gasteiger partial charge < -0.3 is 16.2 Å². The largest absolute Gasteiger partial charge is 0.478 e. The van der Waals surface area contributed by atoms with Gasteiger partial charge in [0.1, 0.15) is 0 Å². The van der Waals surface area contributed by atoms with E-state index in [1.807, 2.05) is 6.07 Å². The zero-order valence-electron chi connectivity index (χ0n) is 11.0. The third kappa shape index (κ3) is 3.82. The zero-order valence-corrected chi connectivity index (χ0v) is 12.6. The van der Waals surface area contributed by atoms with E-state index in [1.54, 1.807) is 36.4 Å². The molecule has 2 aromatic rings. The molecule has 0 spiro atoms. The number of halogens is 1. The predicted molar refractivity (Wildman–Crippen MR) is 83.4 cm³/mol. The Morgan fingerprint density at radius 3 is 2.57 bits per heavy atom. The molecule has 0 atom stereocenters. The number of anilines is 1. The molecule has 0 radical (unpaired) electrons. The highest BCUT2D eigenvalue weighted by Crippen LogP contribution is 2.21. The summed E-state index contributed by atoms with van der Waals surface area (Å²) in [5, 5.41) is 12.1. The quantitative estimate of drug-likeness (QED) is 0.774. The highest BCUT2D eigenvalue weighted by atomic mass is 79.9. The van der Waals surface area contributed by atoms with Crippen LogP contribution >= 0.6 is 15.9 Å². The first-order valence-electron chi connectivity index (χ1n) is 6.13. The predicted octanol–water partition coefficient (Wildman–Crippen LogP) is 2.86. The van der Waals surface area contributed by atoms with E-state index in [0.29, 0.717) is 16.6 Å². The third-order valence-electron chi connectivity index (χ3n) is 2.91. The van der Waals surface area contributed by atoms with Crippen LogP contribution in [0.2, 0.25) is 0 Å². The van der Waals surface area contributed by atoms with Gasteiger partial charge in [-0.05, 0) is 51.8 Å². The fourth-order valence-electron chi connectivity index (χ4n) is 1.84. The van der Waals surface area contributed by atoms with E-state index in [-0.39, 0.29) is 5.56 Å². The number of carboxylic acid groups (broad SMARTS) is 1. The van der Waals surface area contributed by atoms with Crippen molar-refractivity contribution in [2.45, 2.75) is 6.54 Å². The number of rotatable bonds is 5. The number of nitrogens with one attached hydrogen (secondary N) is 1. The molecule has 0 bridgehead atoms. The summed E-state index contributed by atoms with van der Waals surface area (Å²) in [4.78, 5) is 22.0. The van der Waals surface area contributed by atoms with Crippen molar-refractivity contribution >= 4 is 33.5 Å². The normalized spacial score (nSPS) is 10.1. The van der Waals surface area contributed by atoms with Crippen LogP contribution < -0.4 is 11.1 Å². The molecule has 2 aromatic carbocycles. The van der Waals surface area contributed by atoms with Gasteiger partial charge in [-0.3, -0.25) is 4.79 Å². The highest BCUT2D eigenvalue weighted by Gasteiger charge is 2.07. The highest BCUT2D eigenvalue weighted by molar-refractivity contribution is 9.10. The molecule has 0 unspecified atom stereocenters. The molecule has 2 rings (SSSR count). The average Bonchev–Trinajstić information content (AvgIpc) is 2.45. The minimum Gasteiger partial charge on any atom is -0.478 e. The van der Waals surface area contributed by atoms with Crippen LogP contribution in [0.15, 0.2) is 46.9 Å². The van der Waals surface area contributed by atoms with Gasteiger partial charge in [0.2, 0.25) is 5.91 Å². The molecular weight excluding hydrogens is 336 g/mol. The monoisotopic (exact) mass is 348 g/mol. The molecule has 0 aliphatic heterocycles. The van der Waals surface area contributed by atoms with E-state index < -0.39 is 11.9 Å².